The summed E-state index contributed by atoms with van der Waals surface area (Å²) in [6, 6.07) is 5.10. The average molecular weight is 286 g/mol. The normalized spacial score (nSPS) is 10.8. The molecule has 108 valence electrons. The van der Waals surface area contributed by atoms with E-state index < -0.39 is 5.97 Å². The first-order valence-corrected chi connectivity index (χ1v) is 6.15. The van der Waals surface area contributed by atoms with E-state index in [0.717, 1.165) is 6.08 Å². The fourth-order valence-corrected chi connectivity index (χ4v) is 1.82. The number of nitrogens with one attached hydrogen (secondary N) is 1. The van der Waals surface area contributed by atoms with Gasteiger partial charge in [0.2, 0.25) is 5.95 Å². The van der Waals surface area contributed by atoms with Crippen molar-refractivity contribution in [1.29, 1.82) is 0 Å². The quantitative estimate of drug-likeness (QED) is 0.830. The summed E-state index contributed by atoms with van der Waals surface area (Å²) >= 11 is 0. The van der Waals surface area contributed by atoms with Crippen LogP contribution in [0.15, 0.2) is 30.6 Å². The van der Waals surface area contributed by atoms with E-state index in [-0.39, 0.29) is 5.91 Å². The molecule has 0 aliphatic heterocycles. The molecular weight excluding hydrogens is 272 g/mol. The van der Waals surface area contributed by atoms with Crippen LogP contribution in [0.3, 0.4) is 0 Å². The molecule has 1 heterocycles. The van der Waals surface area contributed by atoms with E-state index in [9.17, 15) is 9.59 Å². The fraction of sp³-hybridized carbons (Fsp3) is 0.143. The maximum absolute atomic E-state index is 12.2. The summed E-state index contributed by atoms with van der Waals surface area (Å²) in [5.41, 5.74) is 1.81. The molecule has 2 rings (SSSR count). The van der Waals surface area contributed by atoms with Crippen molar-refractivity contribution in [2.75, 3.05) is 5.32 Å². The molecule has 1 aromatic heterocycles. The number of rotatable bonds is 4. The van der Waals surface area contributed by atoms with Crippen LogP contribution in [0, 0.1) is 6.92 Å². The molecule has 0 aliphatic rings. The first-order chi connectivity index (χ1) is 9.99. The topological polar surface area (TPSA) is 97.1 Å². The van der Waals surface area contributed by atoms with Gasteiger partial charge in [0.1, 0.15) is 6.33 Å². The highest BCUT2D eigenvalue weighted by atomic mass is 16.4. The summed E-state index contributed by atoms with van der Waals surface area (Å²) in [7, 11) is 1.67. The van der Waals surface area contributed by atoms with E-state index in [1.165, 1.54) is 17.1 Å². The first-order valence-electron chi connectivity index (χ1n) is 6.15. The molecule has 7 nitrogen and oxygen atoms in total. The number of amides is 1. The predicted molar refractivity (Wildman–Crippen MR) is 76.8 cm³/mol. The highest BCUT2D eigenvalue weighted by molar-refractivity contribution is 6.05. The number of carboxylic acid groups (broad SMARTS) is 1. The number of nitrogens with zero attached hydrogens (tertiary/aromatic N) is 3. The molecule has 0 atom stereocenters. The van der Waals surface area contributed by atoms with Gasteiger partial charge in [-0.25, -0.2) is 9.48 Å². The van der Waals surface area contributed by atoms with Crippen molar-refractivity contribution in [3.8, 4) is 0 Å². The molecule has 0 saturated carbocycles. The van der Waals surface area contributed by atoms with E-state index in [1.54, 1.807) is 32.2 Å². The lowest BCUT2D eigenvalue weighted by Gasteiger charge is -2.09. The summed E-state index contributed by atoms with van der Waals surface area (Å²) in [5, 5.41) is 15.2. The summed E-state index contributed by atoms with van der Waals surface area (Å²) in [4.78, 5) is 26.7. The second-order valence-corrected chi connectivity index (χ2v) is 4.35. The van der Waals surface area contributed by atoms with Gasteiger partial charge in [-0.15, -0.1) is 0 Å². The number of benzene rings is 1. The number of carbonyl (C=O) groups excluding carboxylic acids is 1. The van der Waals surface area contributed by atoms with Gasteiger partial charge < -0.3 is 5.11 Å². The van der Waals surface area contributed by atoms with Gasteiger partial charge in [-0.3, -0.25) is 10.1 Å². The van der Waals surface area contributed by atoms with Crippen LogP contribution in [0.5, 0.6) is 0 Å². The number of aromatic nitrogens is 3. The van der Waals surface area contributed by atoms with Gasteiger partial charge in [0.25, 0.3) is 5.91 Å². The van der Waals surface area contributed by atoms with Gasteiger partial charge in [-0.05, 0) is 30.2 Å². The zero-order chi connectivity index (χ0) is 15.4. The van der Waals surface area contributed by atoms with Crippen LogP contribution in [0.25, 0.3) is 6.08 Å². The minimum atomic E-state index is -1.04. The lowest BCUT2D eigenvalue weighted by molar-refractivity contribution is -0.131. The monoisotopic (exact) mass is 286 g/mol. The molecule has 0 aliphatic carbocycles. The SMILES string of the molecule is Cc1c(/C=C/C(=O)O)cccc1C(=O)Nc1ncnn1C. The Balaban J connectivity index is 2.28. The average Bonchev–Trinajstić information content (AvgIpc) is 2.83. The van der Waals surface area contributed by atoms with Gasteiger partial charge in [0.15, 0.2) is 0 Å². The Kier molecular flexibility index (Phi) is 4.13. The zero-order valence-corrected chi connectivity index (χ0v) is 11.6. The van der Waals surface area contributed by atoms with Crippen LogP contribution in [0.2, 0.25) is 0 Å². The second kappa shape index (κ2) is 6.00. The van der Waals surface area contributed by atoms with Crippen molar-refractivity contribution in [3.63, 3.8) is 0 Å². The van der Waals surface area contributed by atoms with Crippen LogP contribution in [0.1, 0.15) is 21.5 Å². The number of aryl methyl sites for hydroxylation is 1. The molecule has 2 aromatic rings. The second-order valence-electron chi connectivity index (χ2n) is 4.35. The lowest BCUT2D eigenvalue weighted by Crippen LogP contribution is -2.16. The maximum atomic E-state index is 12.2. The van der Waals surface area contributed by atoms with Gasteiger partial charge in [-0.1, -0.05) is 12.1 Å². The molecule has 0 spiro atoms. The molecule has 1 aromatic carbocycles. The Morgan fingerprint density at radius 2 is 2.14 bits per heavy atom. The molecule has 7 heteroatoms. The first kappa shape index (κ1) is 14.4. The van der Waals surface area contributed by atoms with Crippen molar-refractivity contribution in [3.05, 3.63) is 47.3 Å². The molecule has 2 N–H and O–H groups in total. The fourth-order valence-electron chi connectivity index (χ4n) is 1.82. The van der Waals surface area contributed by atoms with E-state index in [0.29, 0.717) is 22.6 Å². The molecular formula is C14H14N4O3. The third kappa shape index (κ3) is 3.33. The summed E-state index contributed by atoms with van der Waals surface area (Å²) in [6.07, 6.45) is 3.83. The Bertz CT molecular complexity index is 719. The number of hydrogen-bond donors (Lipinski definition) is 2. The van der Waals surface area contributed by atoms with Crippen molar-refractivity contribution in [2.24, 2.45) is 7.05 Å². The third-order valence-electron chi connectivity index (χ3n) is 2.96. The minimum absolute atomic E-state index is 0.325. The van der Waals surface area contributed by atoms with Gasteiger partial charge in [-0.2, -0.15) is 10.1 Å². The van der Waals surface area contributed by atoms with Gasteiger partial charge in [0.05, 0.1) is 0 Å². The highest BCUT2D eigenvalue weighted by Gasteiger charge is 2.13. The largest absolute Gasteiger partial charge is 0.478 e. The molecule has 0 radical (unpaired) electrons. The highest BCUT2D eigenvalue weighted by Crippen LogP contribution is 2.16. The van der Waals surface area contributed by atoms with E-state index >= 15 is 0 Å². The van der Waals surface area contributed by atoms with Crippen LogP contribution in [-0.4, -0.2) is 31.7 Å². The van der Waals surface area contributed by atoms with Crippen molar-refractivity contribution in [1.82, 2.24) is 14.8 Å². The minimum Gasteiger partial charge on any atom is -0.478 e. The van der Waals surface area contributed by atoms with Gasteiger partial charge >= 0.3 is 5.97 Å². The molecule has 0 fully saturated rings. The van der Waals surface area contributed by atoms with Gasteiger partial charge in [0, 0.05) is 18.7 Å². The smallest absolute Gasteiger partial charge is 0.328 e. The van der Waals surface area contributed by atoms with E-state index in [4.69, 9.17) is 5.11 Å². The Morgan fingerprint density at radius 1 is 1.38 bits per heavy atom. The van der Waals surface area contributed by atoms with Crippen LogP contribution >= 0.6 is 0 Å². The van der Waals surface area contributed by atoms with Crippen molar-refractivity contribution in [2.45, 2.75) is 6.92 Å². The Labute approximate surface area is 120 Å². The summed E-state index contributed by atoms with van der Waals surface area (Å²) < 4.78 is 1.45. The Hall–Kier alpha value is -2.96. The standard InChI is InChI=1S/C14H14N4O3/c1-9-10(6-7-12(19)20)4-3-5-11(9)13(21)17-14-15-8-16-18(14)2/h3-8H,1-2H3,(H,19,20)(H,15,16,17,21)/b7-6+. The molecule has 1 amide bonds. The Morgan fingerprint density at radius 3 is 2.76 bits per heavy atom. The van der Waals surface area contributed by atoms with Crippen molar-refractivity contribution < 1.29 is 14.7 Å². The number of hydrogen-bond acceptors (Lipinski definition) is 4. The van der Waals surface area contributed by atoms with E-state index in [1.807, 2.05) is 0 Å². The number of aliphatic carboxylic acids is 1. The number of anilines is 1. The summed E-state index contributed by atoms with van der Waals surface area (Å²) in [6.45, 7) is 1.76. The molecule has 0 unspecified atom stereocenters. The number of carboxylic acids is 1. The maximum Gasteiger partial charge on any atom is 0.328 e. The zero-order valence-electron chi connectivity index (χ0n) is 11.6. The molecule has 0 bridgehead atoms. The van der Waals surface area contributed by atoms with Crippen LogP contribution < -0.4 is 5.32 Å². The van der Waals surface area contributed by atoms with Crippen LogP contribution in [-0.2, 0) is 11.8 Å². The van der Waals surface area contributed by atoms with Crippen molar-refractivity contribution >= 4 is 23.9 Å². The third-order valence-corrected chi connectivity index (χ3v) is 2.96. The van der Waals surface area contributed by atoms with E-state index in [2.05, 4.69) is 15.4 Å². The van der Waals surface area contributed by atoms with Crippen LogP contribution in [0.4, 0.5) is 5.95 Å². The molecule has 0 saturated heterocycles. The number of carbonyl (C=O) groups is 2. The predicted octanol–water partition coefficient (Wildman–Crippen LogP) is 1.47. The summed E-state index contributed by atoms with van der Waals surface area (Å²) in [5.74, 6) is -1.02. The lowest BCUT2D eigenvalue weighted by atomic mass is 10.0. The molecule has 21 heavy (non-hydrogen) atoms.